The standard InChI is InChI=1S/C30H27N5O3/c36-24(18-35-26(19-7-2-1-3-8-19)34-30(28(35)38)12-4-5-13-30)32-22-11-10-20-16-29(17-21(20)15-22)23-9-6-14-31-25(23)33-27(29)37/h1-3,6-11,14-15H,4-5,12-13,16-18H2,(H,32,36)(H,31,33,37). The summed E-state index contributed by atoms with van der Waals surface area (Å²) in [5.41, 5.74) is 3.14. The second-order valence-electron chi connectivity index (χ2n) is 10.8. The van der Waals surface area contributed by atoms with Gasteiger partial charge < -0.3 is 10.6 Å². The number of benzene rings is 2. The Morgan fingerprint density at radius 2 is 1.76 bits per heavy atom. The minimum Gasteiger partial charge on any atom is -0.325 e. The number of anilines is 2. The molecule has 190 valence electrons. The molecule has 0 saturated heterocycles. The normalized spacial score (nSPS) is 22.5. The molecular formula is C30H27N5O3. The number of carbonyl (C=O) groups is 3. The van der Waals surface area contributed by atoms with E-state index >= 15 is 0 Å². The molecule has 3 amide bonds. The number of hydrogen-bond donors (Lipinski definition) is 2. The van der Waals surface area contributed by atoms with Crippen LogP contribution in [0.4, 0.5) is 11.5 Å². The van der Waals surface area contributed by atoms with Crippen LogP contribution in [0.5, 0.6) is 0 Å². The second-order valence-corrected chi connectivity index (χ2v) is 10.8. The van der Waals surface area contributed by atoms with Gasteiger partial charge in [-0.1, -0.05) is 55.3 Å². The first-order valence-corrected chi connectivity index (χ1v) is 13.1. The zero-order valence-electron chi connectivity index (χ0n) is 20.9. The molecule has 3 heterocycles. The van der Waals surface area contributed by atoms with Gasteiger partial charge in [-0.2, -0.15) is 0 Å². The van der Waals surface area contributed by atoms with Crippen LogP contribution in [0.2, 0.25) is 0 Å². The minimum atomic E-state index is -0.736. The van der Waals surface area contributed by atoms with Gasteiger partial charge >= 0.3 is 0 Å². The van der Waals surface area contributed by atoms with Crippen LogP contribution in [0.1, 0.15) is 47.9 Å². The number of nitrogens with one attached hydrogen (secondary N) is 2. The number of fused-ring (bicyclic) bond motifs is 3. The molecule has 2 N–H and O–H groups in total. The monoisotopic (exact) mass is 505 g/mol. The van der Waals surface area contributed by atoms with Crippen molar-refractivity contribution < 1.29 is 14.4 Å². The topological polar surface area (TPSA) is 104 Å². The van der Waals surface area contributed by atoms with Gasteiger partial charge in [0.15, 0.2) is 0 Å². The lowest BCUT2D eigenvalue weighted by Gasteiger charge is -2.22. The summed E-state index contributed by atoms with van der Waals surface area (Å²) in [5, 5.41) is 5.90. The lowest BCUT2D eigenvalue weighted by Crippen LogP contribution is -2.44. The van der Waals surface area contributed by atoms with E-state index in [2.05, 4.69) is 15.6 Å². The third kappa shape index (κ3) is 3.40. The zero-order valence-corrected chi connectivity index (χ0v) is 20.9. The fourth-order valence-corrected chi connectivity index (χ4v) is 6.59. The fraction of sp³-hybridized carbons (Fsp3) is 0.300. The Bertz CT molecular complexity index is 1530. The van der Waals surface area contributed by atoms with Gasteiger partial charge in [0, 0.05) is 23.0 Å². The Morgan fingerprint density at radius 1 is 0.974 bits per heavy atom. The highest BCUT2D eigenvalue weighted by Gasteiger charge is 2.52. The number of carbonyl (C=O) groups excluding carboxylic acids is 3. The summed E-state index contributed by atoms with van der Waals surface area (Å²) in [6.45, 7) is -0.100. The number of aliphatic imine (C=N–C) groups is 1. The first kappa shape index (κ1) is 22.8. The number of aromatic nitrogens is 1. The van der Waals surface area contributed by atoms with E-state index in [9.17, 15) is 14.4 Å². The predicted molar refractivity (Wildman–Crippen MR) is 143 cm³/mol. The molecule has 1 unspecified atom stereocenters. The van der Waals surface area contributed by atoms with Crippen molar-refractivity contribution in [3.05, 3.63) is 89.1 Å². The van der Waals surface area contributed by atoms with Crippen molar-refractivity contribution in [1.82, 2.24) is 9.88 Å². The van der Waals surface area contributed by atoms with E-state index in [1.165, 1.54) is 0 Å². The molecule has 4 aliphatic rings. The van der Waals surface area contributed by atoms with Crippen molar-refractivity contribution in [3.63, 3.8) is 0 Å². The fourth-order valence-electron chi connectivity index (χ4n) is 6.59. The third-order valence-corrected chi connectivity index (χ3v) is 8.45. The Hall–Kier alpha value is -4.33. The molecule has 2 spiro atoms. The lowest BCUT2D eigenvalue weighted by atomic mass is 9.79. The van der Waals surface area contributed by atoms with E-state index in [1.54, 1.807) is 11.1 Å². The summed E-state index contributed by atoms with van der Waals surface area (Å²) < 4.78 is 0. The van der Waals surface area contributed by atoms with Gasteiger partial charge in [-0.05, 0) is 55.0 Å². The smallest absolute Gasteiger partial charge is 0.256 e. The molecule has 8 heteroatoms. The predicted octanol–water partition coefficient (Wildman–Crippen LogP) is 3.61. The number of pyridine rings is 1. The maximum absolute atomic E-state index is 13.5. The molecular weight excluding hydrogens is 478 g/mol. The summed E-state index contributed by atoms with van der Waals surface area (Å²) in [6, 6.07) is 19.2. The molecule has 1 aromatic heterocycles. The number of amides is 3. The molecule has 1 fully saturated rings. The molecule has 1 atom stereocenters. The summed E-state index contributed by atoms with van der Waals surface area (Å²) in [5.74, 6) is 0.805. The van der Waals surface area contributed by atoms with Gasteiger partial charge in [0.25, 0.3) is 5.91 Å². The zero-order chi connectivity index (χ0) is 25.9. The highest BCUT2D eigenvalue weighted by atomic mass is 16.2. The molecule has 0 bridgehead atoms. The van der Waals surface area contributed by atoms with Gasteiger partial charge in [-0.15, -0.1) is 0 Å². The van der Waals surface area contributed by atoms with Crippen molar-refractivity contribution >= 4 is 35.1 Å². The number of amidine groups is 1. The van der Waals surface area contributed by atoms with Gasteiger partial charge in [-0.3, -0.25) is 24.3 Å². The Kier molecular flexibility index (Phi) is 5.01. The lowest BCUT2D eigenvalue weighted by molar-refractivity contribution is -0.133. The van der Waals surface area contributed by atoms with Gasteiger partial charge in [0.05, 0.1) is 5.41 Å². The van der Waals surface area contributed by atoms with Gasteiger partial charge in [0.1, 0.15) is 23.7 Å². The highest BCUT2D eigenvalue weighted by Crippen LogP contribution is 2.47. The third-order valence-electron chi connectivity index (χ3n) is 8.45. The largest absolute Gasteiger partial charge is 0.325 e. The SMILES string of the molecule is O=C(CN1C(=O)C2(CCCC2)N=C1c1ccccc1)Nc1ccc2c(c1)CC1(C2)C(=O)Nc2ncccc21. The van der Waals surface area contributed by atoms with Crippen LogP contribution in [0.25, 0.3) is 0 Å². The molecule has 2 aliphatic carbocycles. The molecule has 2 aromatic carbocycles. The summed E-state index contributed by atoms with van der Waals surface area (Å²) in [4.78, 5) is 50.5. The van der Waals surface area contributed by atoms with Crippen LogP contribution in [0, 0.1) is 0 Å². The summed E-state index contributed by atoms with van der Waals surface area (Å²) in [6.07, 6.45) is 6.20. The molecule has 38 heavy (non-hydrogen) atoms. The van der Waals surface area contributed by atoms with E-state index < -0.39 is 11.0 Å². The van der Waals surface area contributed by atoms with Crippen LogP contribution in [0.3, 0.4) is 0 Å². The van der Waals surface area contributed by atoms with Crippen molar-refractivity contribution in [2.75, 3.05) is 17.2 Å². The maximum Gasteiger partial charge on any atom is 0.256 e. The van der Waals surface area contributed by atoms with Crippen LogP contribution in [-0.2, 0) is 32.6 Å². The molecule has 8 nitrogen and oxygen atoms in total. The summed E-state index contributed by atoms with van der Waals surface area (Å²) in [7, 11) is 0. The molecule has 0 radical (unpaired) electrons. The second kappa shape index (κ2) is 8.34. The maximum atomic E-state index is 13.5. The Labute approximate surface area is 220 Å². The molecule has 7 rings (SSSR count). The number of hydrogen-bond acceptors (Lipinski definition) is 5. The molecule has 1 saturated carbocycles. The number of nitrogens with zero attached hydrogens (tertiary/aromatic N) is 3. The Balaban J connectivity index is 1.11. The van der Waals surface area contributed by atoms with Crippen molar-refractivity contribution in [3.8, 4) is 0 Å². The molecule has 3 aromatic rings. The van der Waals surface area contributed by atoms with E-state index in [-0.39, 0.29) is 24.3 Å². The average Bonchev–Trinajstić information content (AvgIpc) is 3.68. The van der Waals surface area contributed by atoms with E-state index in [0.717, 1.165) is 47.9 Å². The van der Waals surface area contributed by atoms with Crippen LogP contribution >= 0.6 is 0 Å². The van der Waals surface area contributed by atoms with Gasteiger partial charge in [0.2, 0.25) is 11.8 Å². The highest BCUT2D eigenvalue weighted by molar-refractivity contribution is 6.17. The first-order chi connectivity index (χ1) is 18.5. The van der Waals surface area contributed by atoms with E-state index in [1.807, 2.05) is 60.7 Å². The quantitative estimate of drug-likeness (QED) is 0.565. The van der Waals surface area contributed by atoms with Crippen molar-refractivity contribution in [2.24, 2.45) is 4.99 Å². The Morgan fingerprint density at radius 3 is 2.58 bits per heavy atom. The summed E-state index contributed by atoms with van der Waals surface area (Å²) >= 11 is 0. The minimum absolute atomic E-state index is 0.0332. The average molecular weight is 506 g/mol. The van der Waals surface area contributed by atoms with Crippen molar-refractivity contribution in [2.45, 2.75) is 49.5 Å². The van der Waals surface area contributed by atoms with Crippen LogP contribution in [0.15, 0.2) is 71.9 Å². The van der Waals surface area contributed by atoms with E-state index in [4.69, 9.17) is 4.99 Å². The number of rotatable bonds is 4. The van der Waals surface area contributed by atoms with Crippen LogP contribution < -0.4 is 10.6 Å². The van der Waals surface area contributed by atoms with Crippen LogP contribution in [-0.4, -0.2) is 45.5 Å². The first-order valence-electron chi connectivity index (χ1n) is 13.1. The van der Waals surface area contributed by atoms with E-state index in [0.29, 0.717) is 30.2 Å². The van der Waals surface area contributed by atoms with Crippen molar-refractivity contribution in [1.29, 1.82) is 0 Å². The molecule has 2 aliphatic heterocycles. The van der Waals surface area contributed by atoms with Gasteiger partial charge in [-0.25, -0.2) is 4.98 Å².